The van der Waals surface area contributed by atoms with Gasteiger partial charge < -0.3 is 26.8 Å². The van der Waals surface area contributed by atoms with E-state index in [-0.39, 0.29) is 12.1 Å². The number of ether oxygens (including phenoxy) is 1. The number of anilines is 3. The minimum Gasteiger partial charge on any atom is -0.495 e. The Balaban J connectivity index is 1.62. The second-order valence-electron chi connectivity index (χ2n) is 7.83. The van der Waals surface area contributed by atoms with Crippen LogP contribution in [0.2, 0.25) is 0 Å². The second-order valence-corrected chi connectivity index (χ2v) is 7.83. The highest BCUT2D eigenvalue weighted by Crippen LogP contribution is 2.29. The van der Waals surface area contributed by atoms with E-state index in [4.69, 9.17) is 21.2 Å². The van der Waals surface area contributed by atoms with Crippen molar-refractivity contribution in [2.45, 2.75) is 51.2 Å². The number of aromatic nitrogens is 3. The Kier molecular flexibility index (Phi) is 5.85. The number of nitrogens with zero attached hydrogens (tertiary/aromatic N) is 3. The van der Waals surface area contributed by atoms with Gasteiger partial charge in [0.15, 0.2) is 0 Å². The molecule has 1 saturated carbocycles. The lowest BCUT2D eigenvalue weighted by molar-refractivity contribution is 0.402. The Labute approximate surface area is 176 Å². The van der Waals surface area contributed by atoms with E-state index in [1.54, 1.807) is 19.5 Å². The highest BCUT2D eigenvalue weighted by molar-refractivity contribution is 5.90. The van der Waals surface area contributed by atoms with Crippen LogP contribution in [0.4, 0.5) is 17.5 Å². The van der Waals surface area contributed by atoms with Crippen LogP contribution < -0.4 is 26.8 Å². The van der Waals surface area contributed by atoms with Gasteiger partial charge in [0.2, 0.25) is 5.95 Å². The fourth-order valence-electron chi connectivity index (χ4n) is 4.02. The molecule has 1 aliphatic carbocycles. The fourth-order valence-corrected chi connectivity index (χ4v) is 4.02. The van der Waals surface area contributed by atoms with E-state index in [0.717, 1.165) is 46.3 Å². The van der Waals surface area contributed by atoms with E-state index in [9.17, 15) is 0 Å². The van der Waals surface area contributed by atoms with Crippen LogP contribution in [0.5, 0.6) is 5.75 Å². The van der Waals surface area contributed by atoms with E-state index in [1.807, 2.05) is 25.1 Å². The molecule has 30 heavy (non-hydrogen) atoms. The molecule has 8 nitrogen and oxygen atoms in total. The zero-order chi connectivity index (χ0) is 21.1. The highest BCUT2D eigenvalue weighted by Gasteiger charge is 2.22. The first-order valence-corrected chi connectivity index (χ1v) is 10.4. The molecular formula is C22H29N7O. The van der Waals surface area contributed by atoms with Gasteiger partial charge in [0, 0.05) is 36.6 Å². The van der Waals surface area contributed by atoms with Crippen molar-refractivity contribution < 1.29 is 4.74 Å². The molecule has 6 N–H and O–H groups in total. The van der Waals surface area contributed by atoms with Gasteiger partial charge in [-0.05, 0) is 31.4 Å². The fraction of sp³-hybridized carbons (Fsp3) is 0.409. The van der Waals surface area contributed by atoms with Gasteiger partial charge in [0.25, 0.3) is 0 Å². The zero-order valence-corrected chi connectivity index (χ0v) is 17.5. The van der Waals surface area contributed by atoms with Crippen LogP contribution in [-0.2, 0) is 6.54 Å². The van der Waals surface area contributed by atoms with Gasteiger partial charge in [-0.2, -0.15) is 0 Å². The monoisotopic (exact) mass is 407 g/mol. The van der Waals surface area contributed by atoms with Crippen LogP contribution >= 0.6 is 0 Å². The maximum Gasteiger partial charge on any atom is 0.223 e. The molecule has 2 aromatic heterocycles. The number of pyridine rings is 1. The molecule has 2 heterocycles. The molecule has 8 heteroatoms. The van der Waals surface area contributed by atoms with E-state index in [1.165, 1.54) is 12.8 Å². The molecule has 0 spiro atoms. The van der Waals surface area contributed by atoms with Gasteiger partial charge in [-0.25, -0.2) is 15.0 Å². The Morgan fingerprint density at radius 2 is 2.00 bits per heavy atom. The number of aryl methyl sites for hydroxylation is 1. The largest absolute Gasteiger partial charge is 0.495 e. The van der Waals surface area contributed by atoms with Crippen molar-refractivity contribution in [3.05, 3.63) is 41.7 Å². The number of fused-ring (bicyclic) bond motifs is 1. The standard InChI is InChI=1S/C22H29N7O/c1-13-6-5-9-18(30-2)19(13)25-10-14-11-26-21(24)15-12-27-22(29-20(14)15)28-17-8-4-3-7-16(17)23/h5-6,9,11-12,16-17,25H,3-4,7-8,10,23H2,1-2H3,(H2,24,26)(H,27,28,29). The molecule has 1 fully saturated rings. The molecule has 2 unspecified atom stereocenters. The van der Waals surface area contributed by atoms with E-state index in [2.05, 4.69) is 20.6 Å². The summed E-state index contributed by atoms with van der Waals surface area (Å²) >= 11 is 0. The Bertz CT molecular complexity index is 1040. The first kappa shape index (κ1) is 20.2. The summed E-state index contributed by atoms with van der Waals surface area (Å²) in [6.07, 6.45) is 7.90. The van der Waals surface area contributed by atoms with Gasteiger partial charge in [-0.1, -0.05) is 25.0 Å². The average molecular weight is 408 g/mol. The summed E-state index contributed by atoms with van der Waals surface area (Å²) in [6.45, 7) is 2.58. The predicted octanol–water partition coefficient (Wildman–Crippen LogP) is 3.22. The summed E-state index contributed by atoms with van der Waals surface area (Å²) in [5.74, 6) is 1.79. The third kappa shape index (κ3) is 4.09. The summed E-state index contributed by atoms with van der Waals surface area (Å²) in [5.41, 5.74) is 16.1. The van der Waals surface area contributed by atoms with Gasteiger partial charge in [0.05, 0.1) is 23.7 Å². The topological polar surface area (TPSA) is 124 Å². The first-order chi connectivity index (χ1) is 14.6. The number of hydrogen-bond acceptors (Lipinski definition) is 8. The molecule has 3 aromatic rings. The molecule has 0 amide bonds. The van der Waals surface area contributed by atoms with E-state index >= 15 is 0 Å². The molecule has 1 aliphatic rings. The van der Waals surface area contributed by atoms with Crippen LogP contribution in [0.3, 0.4) is 0 Å². The van der Waals surface area contributed by atoms with Crippen molar-refractivity contribution in [1.82, 2.24) is 15.0 Å². The molecule has 4 rings (SSSR count). The van der Waals surface area contributed by atoms with Crippen LogP contribution in [0.1, 0.15) is 36.8 Å². The average Bonchev–Trinajstić information content (AvgIpc) is 2.75. The van der Waals surface area contributed by atoms with Crippen molar-refractivity contribution in [2.24, 2.45) is 5.73 Å². The predicted molar refractivity (Wildman–Crippen MR) is 121 cm³/mol. The Morgan fingerprint density at radius 3 is 2.80 bits per heavy atom. The van der Waals surface area contributed by atoms with Crippen molar-refractivity contribution in [2.75, 3.05) is 23.5 Å². The lowest BCUT2D eigenvalue weighted by Crippen LogP contribution is -2.42. The summed E-state index contributed by atoms with van der Waals surface area (Å²) in [6, 6.07) is 6.26. The van der Waals surface area contributed by atoms with E-state index in [0.29, 0.717) is 18.3 Å². The minimum absolute atomic E-state index is 0.121. The van der Waals surface area contributed by atoms with Gasteiger partial charge in [-0.15, -0.1) is 0 Å². The number of nitrogens with two attached hydrogens (primary N) is 2. The van der Waals surface area contributed by atoms with Gasteiger partial charge >= 0.3 is 0 Å². The summed E-state index contributed by atoms with van der Waals surface area (Å²) in [5, 5.41) is 7.62. The summed E-state index contributed by atoms with van der Waals surface area (Å²) in [7, 11) is 1.67. The molecule has 0 bridgehead atoms. The normalized spacial score (nSPS) is 18.9. The number of methoxy groups -OCH3 is 1. The SMILES string of the molecule is COc1cccc(C)c1NCc1cnc(N)c2cnc(NC3CCCCC3N)nc12. The Hall–Kier alpha value is -3.13. The maximum atomic E-state index is 6.28. The summed E-state index contributed by atoms with van der Waals surface area (Å²) < 4.78 is 5.49. The van der Waals surface area contributed by atoms with E-state index < -0.39 is 0 Å². The van der Waals surface area contributed by atoms with Crippen LogP contribution in [0.25, 0.3) is 10.9 Å². The lowest BCUT2D eigenvalue weighted by atomic mass is 9.91. The third-order valence-corrected chi connectivity index (χ3v) is 5.77. The number of nitrogen functional groups attached to an aromatic ring is 1. The zero-order valence-electron chi connectivity index (χ0n) is 17.5. The molecule has 0 saturated heterocycles. The summed E-state index contributed by atoms with van der Waals surface area (Å²) in [4.78, 5) is 13.6. The quantitative estimate of drug-likeness (QED) is 0.491. The minimum atomic E-state index is 0.121. The van der Waals surface area contributed by atoms with Crippen molar-refractivity contribution in [3.8, 4) is 5.75 Å². The van der Waals surface area contributed by atoms with Crippen LogP contribution in [-0.4, -0.2) is 34.1 Å². The number of hydrogen-bond donors (Lipinski definition) is 4. The second kappa shape index (κ2) is 8.71. The number of nitrogens with one attached hydrogen (secondary N) is 2. The smallest absolute Gasteiger partial charge is 0.223 e. The van der Waals surface area contributed by atoms with Gasteiger partial charge in [-0.3, -0.25) is 0 Å². The highest BCUT2D eigenvalue weighted by atomic mass is 16.5. The third-order valence-electron chi connectivity index (χ3n) is 5.77. The Morgan fingerprint density at radius 1 is 1.17 bits per heavy atom. The molecule has 0 radical (unpaired) electrons. The lowest BCUT2D eigenvalue weighted by Gasteiger charge is -2.29. The van der Waals surface area contributed by atoms with Gasteiger partial charge in [0.1, 0.15) is 11.6 Å². The molecule has 158 valence electrons. The molecule has 0 aliphatic heterocycles. The van der Waals surface area contributed by atoms with Crippen molar-refractivity contribution >= 4 is 28.4 Å². The molecule has 2 atom stereocenters. The first-order valence-electron chi connectivity index (χ1n) is 10.4. The maximum absolute atomic E-state index is 6.28. The van der Waals surface area contributed by atoms with Crippen LogP contribution in [0, 0.1) is 6.92 Å². The number of rotatable bonds is 6. The number of para-hydroxylation sites is 1. The van der Waals surface area contributed by atoms with Crippen molar-refractivity contribution in [1.29, 1.82) is 0 Å². The van der Waals surface area contributed by atoms with Crippen molar-refractivity contribution in [3.63, 3.8) is 0 Å². The van der Waals surface area contributed by atoms with Crippen LogP contribution in [0.15, 0.2) is 30.6 Å². The molecular weight excluding hydrogens is 378 g/mol. The molecule has 1 aromatic carbocycles. The number of benzene rings is 1.